The van der Waals surface area contributed by atoms with Crippen LogP contribution in [0.3, 0.4) is 0 Å². The molecule has 4 aromatic rings. The smallest absolute Gasteiger partial charge is 0.248 e. The van der Waals surface area contributed by atoms with Crippen LogP contribution in [0.4, 0.5) is 5.82 Å². The molecule has 11 heteroatoms. The van der Waals surface area contributed by atoms with Gasteiger partial charge >= 0.3 is 0 Å². The van der Waals surface area contributed by atoms with Gasteiger partial charge in [-0.05, 0) is 85.3 Å². The third-order valence-corrected chi connectivity index (χ3v) is 8.10. The Morgan fingerprint density at radius 2 is 1.85 bits per heavy atom. The van der Waals surface area contributed by atoms with Crippen LogP contribution in [0.2, 0.25) is 0 Å². The van der Waals surface area contributed by atoms with Gasteiger partial charge in [0.05, 0.1) is 17.3 Å². The number of amides is 2. The second kappa shape index (κ2) is 11.1. The highest BCUT2D eigenvalue weighted by Crippen LogP contribution is 2.33. The van der Waals surface area contributed by atoms with Crippen LogP contribution >= 0.6 is 15.9 Å². The summed E-state index contributed by atoms with van der Waals surface area (Å²) in [5.41, 5.74) is 3.76. The Morgan fingerprint density at radius 1 is 1.12 bits per heavy atom. The van der Waals surface area contributed by atoms with Crippen molar-refractivity contribution in [1.82, 2.24) is 29.6 Å². The van der Waals surface area contributed by atoms with Crippen LogP contribution in [0, 0.1) is 19.8 Å². The highest BCUT2D eigenvalue weighted by Gasteiger charge is 2.43. The molecule has 0 spiro atoms. The van der Waals surface area contributed by atoms with E-state index in [2.05, 4.69) is 41.3 Å². The summed E-state index contributed by atoms with van der Waals surface area (Å²) in [5, 5.41) is 18.8. The molecule has 1 aromatic carbocycles. The Labute approximate surface area is 241 Å². The lowest BCUT2D eigenvalue weighted by Gasteiger charge is -2.28. The van der Waals surface area contributed by atoms with Crippen molar-refractivity contribution in [3.05, 3.63) is 64.4 Å². The zero-order valence-electron chi connectivity index (χ0n) is 23.1. The molecule has 208 valence electrons. The summed E-state index contributed by atoms with van der Waals surface area (Å²) >= 11 is 3.35. The SMILES string of the molecule is Cc1ncc(-c2ccc3c(c2)c(C(C)O)nn3CC(=O)N2[C@H](C)[C@@H](C)C[C@H]2C(=O)Nc2nc(Br)ccc2C)cn1. The monoisotopic (exact) mass is 605 g/mol. The van der Waals surface area contributed by atoms with E-state index < -0.39 is 12.1 Å². The molecule has 4 atom stereocenters. The van der Waals surface area contributed by atoms with E-state index in [1.807, 2.05) is 58.0 Å². The first-order valence-electron chi connectivity index (χ1n) is 13.3. The maximum absolute atomic E-state index is 13.8. The summed E-state index contributed by atoms with van der Waals surface area (Å²) in [4.78, 5) is 41.8. The van der Waals surface area contributed by atoms with Crippen LogP contribution in [-0.4, -0.2) is 58.6 Å². The van der Waals surface area contributed by atoms with E-state index in [4.69, 9.17) is 0 Å². The van der Waals surface area contributed by atoms with E-state index in [0.717, 1.165) is 27.6 Å². The minimum Gasteiger partial charge on any atom is -0.387 e. The fourth-order valence-corrected chi connectivity index (χ4v) is 5.56. The Hall–Kier alpha value is -3.70. The van der Waals surface area contributed by atoms with Crippen molar-refractivity contribution in [3.63, 3.8) is 0 Å². The van der Waals surface area contributed by atoms with E-state index in [-0.39, 0.29) is 30.3 Å². The minimum absolute atomic E-state index is 0.0643. The van der Waals surface area contributed by atoms with Crippen molar-refractivity contribution in [2.24, 2.45) is 5.92 Å². The van der Waals surface area contributed by atoms with E-state index in [1.165, 1.54) is 0 Å². The normalized spacial score (nSPS) is 19.7. The molecule has 1 fully saturated rings. The first-order chi connectivity index (χ1) is 19.0. The number of nitrogens with one attached hydrogen (secondary N) is 1. The number of pyridine rings is 1. The number of nitrogens with zero attached hydrogens (tertiary/aromatic N) is 6. The van der Waals surface area contributed by atoms with Gasteiger partial charge in [-0.3, -0.25) is 14.3 Å². The number of aromatic nitrogens is 5. The molecule has 0 saturated carbocycles. The molecular formula is C29H32BrN7O3. The number of benzene rings is 1. The molecule has 4 heterocycles. The molecule has 40 heavy (non-hydrogen) atoms. The standard InChI is InChI=1S/C29H32BrN7O3/c1-15-6-9-25(30)33-28(15)34-29(40)24-10-16(2)17(3)37(24)26(39)14-36-23-8-7-20(21-12-31-19(5)32-13-21)11-22(23)27(35-36)18(4)38/h6-9,11-13,16-18,24,38H,10,14H2,1-5H3,(H,33,34,40)/t16-,17+,18?,24-/m0/s1. The Morgan fingerprint density at radius 3 is 2.55 bits per heavy atom. The van der Waals surface area contributed by atoms with Gasteiger partial charge in [0.25, 0.3) is 0 Å². The summed E-state index contributed by atoms with van der Waals surface area (Å²) in [6.45, 7) is 9.30. The number of hydrogen-bond donors (Lipinski definition) is 2. The molecule has 0 aliphatic carbocycles. The zero-order chi connectivity index (χ0) is 28.7. The van der Waals surface area contributed by atoms with E-state index in [0.29, 0.717) is 28.4 Å². The van der Waals surface area contributed by atoms with Gasteiger partial charge in [0.1, 0.15) is 28.8 Å². The largest absolute Gasteiger partial charge is 0.387 e. The Kier molecular flexibility index (Phi) is 7.70. The molecule has 2 N–H and O–H groups in total. The van der Waals surface area contributed by atoms with Gasteiger partial charge in [-0.15, -0.1) is 0 Å². The zero-order valence-corrected chi connectivity index (χ0v) is 24.7. The average Bonchev–Trinajstić information content (AvgIpc) is 3.43. The van der Waals surface area contributed by atoms with Crippen LogP contribution < -0.4 is 5.32 Å². The number of carbonyl (C=O) groups excluding carboxylic acids is 2. The second-order valence-electron chi connectivity index (χ2n) is 10.5. The molecule has 1 aliphatic rings. The molecule has 1 unspecified atom stereocenters. The summed E-state index contributed by atoms with van der Waals surface area (Å²) in [6.07, 6.45) is 3.22. The number of rotatable bonds is 6. The number of carbonyl (C=O) groups is 2. The molecule has 10 nitrogen and oxygen atoms in total. The molecule has 1 aliphatic heterocycles. The predicted octanol–water partition coefficient (Wildman–Crippen LogP) is 4.59. The topological polar surface area (TPSA) is 126 Å². The van der Waals surface area contributed by atoms with Gasteiger partial charge in [-0.2, -0.15) is 5.10 Å². The lowest BCUT2D eigenvalue weighted by atomic mass is 10.0. The third kappa shape index (κ3) is 5.35. The van der Waals surface area contributed by atoms with Crippen molar-refractivity contribution in [3.8, 4) is 11.1 Å². The number of likely N-dealkylation sites (tertiary alicyclic amines) is 1. The van der Waals surface area contributed by atoms with Gasteiger partial charge < -0.3 is 15.3 Å². The van der Waals surface area contributed by atoms with Gasteiger partial charge in [0, 0.05) is 29.4 Å². The molecule has 2 amide bonds. The fraction of sp³-hybridized carbons (Fsp3) is 0.379. The summed E-state index contributed by atoms with van der Waals surface area (Å²) < 4.78 is 2.23. The number of aryl methyl sites for hydroxylation is 2. The van der Waals surface area contributed by atoms with Crippen molar-refractivity contribution < 1.29 is 14.7 Å². The third-order valence-electron chi connectivity index (χ3n) is 7.66. The summed E-state index contributed by atoms with van der Waals surface area (Å²) in [6, 6.07) is 8.66. The average molecular weight is 607 g/mol. The summed E-state index contributed by atoms with van der Waals surface area (Å²) in [5.74, 6) is 0.805. The molecule has 1 saturated heterocycles. The number of aliphatic hydroxyl groups is 1. The van der Waals surface area contributed by atoms with Gasteiger partial charge in [0.2, 0.25) is 11.8 Å². The number of hydrogen-bond acceptors (Lipinski definition) is 7. The fourth-order valence-electron chi connectivity index (χ4n) is 5.25. The quantitative estimate of drug-likeness (QED) is 0.308. The molecule has 5 rings (SSSR count). The van der Waals surface area contributed by atoms with Gasteiger partial charge in [-0.25, -0.2) is 15.0 Å². The molecule has 0 radical (unpaired) electrons. The van der Waals surface area contributed by atoms with E-state index in [9.17, 15) is 14.7 Å². The van der Waals surface area contributed by atoms with Crippen LogP contribution in [0.25, 0.3) is 22.0 Å². The highest BCUT2D eigenvalue weighted by atomic mass is 79.9. The van der Waals surface area contributed by atoms with Crippen molar-refractivity contribution >= 4 is 44.5 Å². The predicted molar refractivity (Wildman–Crippen MR) is 155 cm³/mol. The number of anilines is 1. The highest BCUT2D eigenvalue weighted by molar-refractivity contribution is 9.10. The molecule has 3 aromatic heterocycles. The first kappa shape index (κ1) is 27.9. The Bertz CT molecular complexity index is 1580. The maximum atomic E-state index is 13.8. The van der Waals surface area contributed by atoms with Crippen molar-refractivity contribution in [2.75, 3.05) is 5.32 Å². The van der Waals surface area contributed by atoms with Crippen LogP contribution in [0.15, 0.2) is 47.3 Å². The molecular weight excluding hydrogens is 574 g/mol. The van der Waals surface area contributed by atoms with Crippen LogP contribution in [0.1, 0.15) is 50.4 Å². The van der Waals surface area contributed by atoms with Crippen molar-refractivity contribution in [1.29, 1.82) is 0 Å². The van der Waals surface area contributed by atoms with Gasteiger partial charge in [-0.1, -0.05) is 19.1 Å². The van der Waals surface area contributed by atoms with Crippen molar-refractivity contribution in [2.45, 2.75) is 65.8 Å². The maximum Gasteiger partial charge on any atom is 0.248 e. The van der Waals surface area contributed by atoms with Crippen LogP contribution in [-0.2, 0) is 16.1 Å². The lowest BCUT2D eigenvalue weighted by molar-refractivity contribution is -0.139. The van der Waals surface area contributed by atoms with Gasteiger partial charge in [0.15, 0.2) is 0 Å². The van der Waals surface area contributed by atoms with E-state index >= 15 is 0 Å². The number of fused-ring (bicyclic) bond motifs is 1. The molecule has 0 bridgehead atoms. The van der Waals surface area contributed by atoms with Crippen LogP contribution in [0.5, 0.6) is 0 Å². The lowest BCUT2D eigenvalue weighted by Crippen LogP contribution is -2.47. The van der Waals surface area contributed by atoms with E-state index in [1.54, 1.807) is 28.9 Å². The first-order valence-corrected chi connectivity index (χ1v) is 14.1. The number of halogens is 1. The second-order valence-corrected chi connectivity index (χ2v) is 11.3. The number of aliphatic hydroxyl groups excluding tert-OH is 1. The minimum atomic E-state index is -0.839. The summed E-state index contributed by atoms with van der Waals surface area (Å²) in [7, 11) is 0. The Balaban J connectivity index is 1.43.